The third-order valence-corrected chi connectivity index (χ3v) is 6.85. The monoisotopic (exact) mass is 408 g/mol. The number of ether oxygens (including phenoxy) is 1. The van der Waals surface area contributed by atoms with Gasteiger partial charge in [-0.3, -0.25) is 4.99 Å². The van der Waals surface area contributed by atoms with Gasteiger partial charge in [-0.25, -0.2) is 13.1 Å². The number of aliphatic imine (C=N–C) groups is 1. The van der Waals surface area contributed by atoms with E-state index in [2.05, 4.69) is 26.4 Å². The van der Waals surface area contributed by atoms with Crippen LogP contribution in [0.25, 0.3) is 0 Å². The topological polar surface area (TPSA) is 91.8 Å². The van der Waals surface area contributed by atoms with Crippen LogP contribution in [0.5, 0.6) is 5.75 Å². The summed E-state index contributed by atoms with van der Waals surface area (Å²) in [6.07, 6.45) is 5.51. The Kier molecular flexibility index (Phi) is 6.82. The molecular weight excluding hydrogens is 376 g/mol. The highest BCUT2D eigenvalue weighted by Gasteiger charge is 2.43. The maximum Gasteiger partial charge on any atom is 0.211 e. The van der Waals surface area contributed by atoms with Crippen LogP contribution in [-0.2, 0) is 10.0 Å². The summed E-state index contributed by atoms with van der Waals surface area (Å²) in [6.45, 7) is 5.06. The molecule has 1 aromatic carbocycles. The van der Waals surface area contributed by atoms with Crippen LogP contribution in [0.3, 0.4) is 0 Å². The minimum atomic E-state index is -3.19. The van der Waals surface area contributed by atoms with Crippen molar-refractivity contribution in [3.8, 4) is 5.75 Å². The van der Waals surface area contributed by atoms with E-state index in [-0.39, 0.29) is 17.4 Å². The van der Waals surface area contributed by atoms with Crippen LogP contribution in [0.1, 0.15) is 57.6 Å². The predicted molar refractivity (Wildman–Crippen MR) is 112 cm³/mol. The molecule has 3 N–H and O–H groups in total. The first-order valence-electron chi connectivity index (χ1n) is 10.3. The second-order valence-corrected chi connectivity index (χ2v) is 9.58. The molecule has 28 heavy (non-hydrogen) atoms. The molecule has 2 aliphatic rings. The second-order valence-electron chi connectivity index (χ2n) is 7.49. The Morgan fingerprint density at radius 3 is 2.71 bits per heavy atom. The van der Waals surface area contributed by atoms with Crippen LogP contribution in [-0.4, -0.2) is 45.4 Å². The first kappa shape index (κ1) is 20.9. The Balaban J connectivity index is 1.71. The minimum absolute atomic E-state index is 0.0793. The lowest BCUT2D eigenvalue weighted by Gasteiger charge is -2.40. The molecule has 0 aromatic heterocycles. The van der Waals surface area contributed by atoms with E-state index in [1.165, 1.54) is 12.8 Å². The summed E-state index contributed by atoms with van der Waals surface area (Å²) < 4.78 is 32.1. The summed E-state index contributed by atoms with van der Waals surface area (Å²) in [5.41, 5.74) is 1.07. The summed E-state index contributed by atoms with van der Waals surface area (Å²) in [7, 11) is -3.19. The summed E-state index contributed by atoms with van der Waals surface area (Å²) in [6, 6.07) is 8.32. The smallest absolute Gasteiger partial charge is 0.211 e. The van der Waals surface area contributed by atoms with Crippen LogP contribution in [0, 0.1) is 0 Å². The normalized spacial score (nSPS) is 21.2. The van der Waals surface area contributed by atoms with Gasteiger partial charge in [0.2, 0.25) is 10.0 Å². The van der Waals surface area contributed by atoms with Crippen molar-refractivity contribution in [3.63, 3.8) is 0 Å². The van der Waals surface area contributed by atoms with E-state index >= 15 is 0 Å². The molecule has 1 atom stereocenters. The van der Waals surface area contributed by atoms with Gasteiger partial charge in [-0.1, -0.05) is 18.2 Å². The summed E-state index contributed by atoms with van der Waals surface area (Å²) in [5, 5.41) is 6.83. The van der Waals surface area contributed by atoms with Gasteiger partial charge in [0.15, 0.2) is 5.96 Å². The van der Waals surface area contributed by atoms with Gasteiger partial charge >= 0.3 is 0 Å². The molecule has 0 saturated heterocycles. The highest BCUT2D eigenvalue weighted by molar-refractivity contribution is 7.89. The van der Waals surface area contributed by atoms with E-state index in [0.717, 1.165) is 37.1 Å². The molecule has 1 fully saturated rings. The van der Waals surface area contributed by atoms with Crippen LogP contribution < -0.4 is 20.1 Å². The van der Waals surface area contributed by atoms with Gasteiger partial charge < -0.3 is 15.4 Å². The van der Waals surface area contributed by atoms with Gasteiger partial charge in [-0.2, -0.15) is 0 Å². The fourth-order valence-corrected chi connectivity index (χ4v) is 4.63. The van der Waals surface area contributed by atoms with Gasteiger partial charge in [-0.05, 0) is 45.6 Å². The second kappa shape index (κ2) is 9.13. The molecule has 0 amide bonds. The van der Waals surface area contributed by atoms with Crippen LogP contribution >= 0.6 is 0 Å². The zero-order chi connectivity index (χ0) is 20.0. The molecule has 1 aliphatic carbocycles. The lowest BCUT2D eigenvalue weighted by Crippen LogP contribution is -2.46. The summed E-state index contributed by atoms with van der Waals surface area (Å²) >= 11 is 0. The third kappa shape index (κ3) is 5.17. The van der Waals surface area contributed by atoms with Gasteiger partial charge in [0.25, 0.3) is 0 Å². The van der Waals surface area contributed by atoms with Gasteiger partial charge in [0, 0.05) is 25.1 Å². The van der Waals surface area contributed by atoms with Crippen molar-refractivity contribution in [2.75, 3.05) is 25.4 Å². The van der Waals surface area contributed by atoms with Crippen molar-refractivity contribution in [2.45, 2.75) is 57.6 Å². The molecule has 156 valence electrons. The first-order chi connectivity index (χ1) is 13.5. The average Bonchev–Trinajstić information content (AvgIpc) is 3.12. The zero-order valence-electron chi connectivity index (χ0n) is 16.8. The first-order valence-corrected chi connectivity index (χ1v) is 11.9. The molecular formula is C20H32N4O3S. The Bertz CT molecular complexity index is 788. The van der Waals surface area contributed by atoms with Gasteiger partial charge in [0.1, 0.15) is 11.4 Å². The highest BCUT2D eigenvalue weighted by Crippen LogP contribution is 2.46. The molecule has 8 heteroatoms. The van der Waals surface area contributed by atoms with E-state index in [0.29, 0.717) is 19.0 Å². The number of fused-ring (bicyclic) bond motifs is 1. The number of hydrogen-bond acceptors (Lipinski definition) is 4. The Hall–Kier alpha value is -1.80. The number of rotatable bonds is 7. The van der Waals surface area contributed by atoms with Crippen molar-refractivity contribution < 1.29 is 13.2 Å². The standard InChI is InChI=1S/C20H32N4O3S/c1-3-21-19(22-13-14-23-28(25,26)4-2)24-17-15-20(11-7-8-12-20)27-18-10-6-5-9-16(17)18/h5-6,9-10,17,23H,3-4,7-8,11-15H2,1-2H3,(H2,21,22,24). The van der Waals surface area contributed by atoms with E-state index < -0.39 is 10.0 Å². The Morgan fingerprint density at radius 1 is 1.25 bits per heavy atom. The molecule has 1 heterocycles. The zero-order valence-corrected chi connectivity index (χ0v) is 17.6. The number of nitrogens with one attached hydrogen (secondary N) is 3. The largest absolute Gasteiger partial charge is 0.487 e. The summed E-state index contributed by atoms with van der Waals surface area (Å²) in [4.78, 5) is 4.56. The van der Waals surface area contributed by atoms with Crippen LogP contribution in [0.2, 0.25) is 0 Å². The minimum Gasteiger partial charge on any atom is -0.487 e. The molecule has 1 saturated carbocycles. The average molecular weight is 409 g/mol. The SMILES string of the molecule is CCNC(=NCCNS(=O)(=O)CC)NC1CC2(CCCC2)Oc2ccccc21. The molecule has 3 rings (SSSR count). The number of sulfonamides is 1. The fraction of sp³-hybridized carbons (Fsp3) is 0.650. The number of hydrogen-bond donors (Lipinski definition) is 3. The number of nitrogens with zero attached hydrogens (tertiary/aromatic N) is 1. The quantitative estimate of drug-likeness (QED) is 0.366. The maximum atomic E-state index is 11.6. The lowest BCUT2D eigenvalue weighted by molar-refractivity contribution is 0.0396. The fourth-order valence-electron chi connectivity index (χ4n) is 4.03. The Morgan fingerprint density at radius 2 is 2.00 bits per heavy atom. The van der Waals surface area contributed by atoms with Crippen LogP contribution in [0.4, 0.5) is 0 Å². The van der Waals surface area contributed by atoms with Crippen molar-refractivity contribution in [1.29, 1.82) is 0 Å². The van der Waals surface area contributed by atoms with E-state index in [1.54, 1.807) is 6.92 Å². The van der Waals surface area contributed by atoms with Gasteiger partial charge in [0.05, 0.1) is 18.3 Å². The van der Waals surface area contributed by atoms with Crippen LogP contribution in [0.15, 0.2) is 29.3 Å². The lowest BCUT2D eigenvalue weighted by atomic mass is 9.86. The third-order valence-electron chi connectivity index (χ3n) is 5.45. The highest BCUT2D eigenvalue weighted by atomic mass is 32.2. The predicted octanol–water partition coefficient (Wildman–Crippen LogP) is 2.32. The summed E-state index contributed by atoms with van der Waals surface area (Å²) in [5.74, 6) is 1.74. The van der Waals surface area contributed by atoms with E-state index in [4.69, 9.17) is 4.74 Å². The van der Waals surface area contributed by atoms with E-state index in [1.807, 2.05) is 25.1 Å². The van der Waals surface area contributed by atoms with Crippen molar-refractivity contribution in [3.05, 3.63) is 29.8 Å². The Labute approximate surface area is 168 Å². The van der Waals surface area contributed by atoms with Crippen molar-refractivity contribution in [1.82, 2.24) is 15.4 Å². The number of para-hydroxylation sites is 1. The molecule has 0 bridgehead atoms. The molecule has 1 unspecified atom stereocenters. The van der Waals surface area contributed by atoms with Crippen molar-refractivity contribution >= 4 is 16.0 Å². The van der Waals surface area contributed by atoms with E-state index in [9.17, 15) is 8.42 Å². The molecule has 0 radical (unpaired) electrons. The number of guanidine groups is 1. The maximum absolute atomic E-state index is 11.6. The molecule has 1 aromatic rings. The van der Waals surface area contributed by atoms with Crippen molar-refractivity contribution in [2.24, 2.45) is 4.99 Å². The molecule has 1 spiro atoms. The van der Waals surface area contributed by atoms with Gasteiger partial charge in [-0.15, -0.1) is 0 Å². The molecule has 1 aliphatic heterocycles. The number of benzene rings is 1. The molecule has 7 nitrogen and oxygen atoms in total.